The molecule has 2 fully saturated rings. The summed E-state index contributed by atoms with van der Waals surface area (Å²) in [6.07, 6.45) is 7.88. The van der Waals surface area contributed by atoms with E-state index in [9.17, 15) is 24.3 Å². The van der Waals surface area contributed by atoms with Gasteiger partial charge in [-0.3, -0.25) is 14.6 Å². The van der Waals surface area contributed by atoms with Crippen LogP contribution < -0.4 is 15.4 Å². The second kappa shape index (κ2) is 12.2. The topological polar surface area (TPSA) is 147 Å². The number of carbonyl (C=O) groups is 4. The number of carbonyl (C=O) groups excluding carboxylic acids is 3. The number of allylic oxidation sites excluding steroid dienone is 2. The van der Waals surface area contributed by atoms with Gasteiger partial charge in [-0.05, 0) is 83.4 Å². The molecule has 1 unspecified atom stereocenters. The Labute approximate surface area is 251 Å². The quantitative estimate of drug-likeness (QED) is 0.452. The first-order valence-electron chi connectivity index (χ1n) is 15.0. The van der Waals surface area contributed by atoms with E-state index in [1.165, 1.54) is 4.90 Å². The van der Waals surface area contributed by atoms with Gasteiger partial charge in [-0.15, -0.1) is 0 Å². The first-order chi connectivity index (χ1) is 20.5. The number of pyridine rings is 1. The number of hydrogen-bond donors (Lipinski definition) is 3. The third-order valence-electron chi connectivity index (χ3n) is 8.29. The van der Waals surface area contributed by atoms with Gasteiger partial charge in [0.05, 0.1) is 12.1 Å². The molecule has 0 bridgehead atoms. The van der Waals surface area contributed by atoms with Crippen LogP contribution in [0.4, 0.5) is 4.79 Å². The van der Waals surface area contributed by atoms with Crippen molar-refractivity contribution in [2.75, 3.05) is 6.54 Å². The van der Waals surface area contributed by atoms with E-state index in [4.69, 9.17) is 9.47 Å². The summed E-state index contributed by atoms with van der Waals surface area (Å²) in [5, 5.41) is 16.4. The lowest BCUT2D eigenvalue weighted by molar-refractivity contribution is -0.146. The first kappa shape index (κ1) is 30.3. The van der Waals surface area contributed by atoms with Crippen LogP contribution in [0.1, 0.15) is 65.7 Å². The number of benzene rings is 1. The van der Waals surface area contributed by atoms with Crippen molar-refractivity contribution in [3.8, 4) is 5.75 Å². The van der Waals surface area contributed by atoms with Gasteiger partial charge in [0.15, 0.2) is 0 Å². The predicted molar refractivity (Wildman–Crippen MR) is 158 cm³/mol. The monoisotopic (exact) mass is 592 g/mol. The van der Waals surface area contributed by atoms with Crippen molar-refractivity contribution in [1.29, 1.82) is 0 Å². The molecule has 5 rings (SSSR count). The summed E-state index contributed by atoms with van der Waals surface area (Å²) in [7, 11) is 0. The molecule has 11 heteroatoms. The van der Waals surface area contributed by atoms with E-state index in [0.717, 1.165) is 10.9 Å². The number of aliphatic carboxylic acids is 1. The van der Waals surface area contributed by atoms with Gasteiger partial charge in [-0.2, -0.15) is 0 Å². The summed E-state index contributed by atoms with van der Waals surface area (Å²) in [6, 6.07) is 7.35. The number of para-hydroxylation sites is 1. The molecule has 3 heterocycles. The van der Waals surface area contributed by atoms with Crippen LogP contribution in [-0.2, 0) is 19.1 Å². The Morgan fingerprint density at radius 3 is 2.65 bits per heavy atom. The van der Waals surface area contributed by atoms with Gasteiger partial charge in [0.2, 0.25) is 11.8 Å². The van der Waals surface area contributed by atoms with E-state index < -0.39 is 53.2 Å². The molecule has 3 amide bonds. The SMILES string of the molecule is CC(C)(C)OC(=O)N[C@H]1CCCC=CCC[C@@H]2C[C@@]2(C(=O)O)NC(=O)[C@@H]2CC(Oc3ccnc4ccccc34)CN2C1=O. The Hall–Kier alpha value is -4.15. The first-order valence-corrected chi connectivity index (χ1v) is 15.0. The largest absolute Gasteiger partial charge is 0.488 e. The third kappa shape index (κ3) is 6.92. The molecule has 0 spiro atoms. The van der Waals surface area contributed by atoms with Crippen molar-refractivity contribution in [2.24, 2.45) is 5.92 Å². The summed E-state index contributed by atoms with van der Waals surface area (Å²) in [5.74, 6) is -1.66. The van der Waals surface area contributed by atoms with Crippen LogP contribution in [0, 0.1) is 5.92 Å². The maximum Gasteiger partial charge on any atom is 0.408 e. The normalized spacial score (nSPS) is 28.1. The zero-order chi connectivity index (χ0) is 30.8. The molecule has 3 N–H and O–H groups in total. The highest BCUT2D eigenvalue weighted by atomic mass is 16.6. The fourth-order valence-electron chi connectivity index (χ4n) is 6.06. The number of aromatic nitrogens is 1. The van der Waals surface area contributed by atoms with E-state index in [1.54, 1.807) is 33.0 Å². The Kier molecular flexibility index (Phi) is 8.62. The van der Waals surface area contributed by atoms with E-state index >= 15 is 0 Å². The molecule has 11 nitrogen and oxygen atoms in total. The fraction of sp³-hybridized carbons (Fsp3) is 0.531. The van der Waals surface area contributed by atoms with Gasteiger partial charge in [0.1, 0.15) is 35.1 Å². The van der Waals surface area contributed by atoms with Crippen LogP contribution in [0.2, 0.25) is 0 Å². The van der Waals surface area contributed by atoms with Crippen molar-refractivity contribution < 1.29 is 33.8 Å². The standard InChI is InChI=1S/C32H40N4O7/c1-31(2,3)43-30(41)34-24-14-8-6-4-5-7-11-20-18-32(20,29(39)40)35-27(37)25-17-21(19-36(25)28(24)38)42-26-15-16-33-23-13-10-9-12-22(23)26/h4-5,9-10,12-13,15-16,20-21,24-25H,6-8,11,14,17-19H2,1-3H3,(H,34,41)(H,35,37)(H,39,40)/t20-,21?,24+,25+,32-/m1/s1. The van der Waals surface area contributed by atoms with Crippen LogP contribution >= 0.6 is 0 Å². The summed E-state index contributed by atoms with van der Waals surface area (Å²) >= 11 is 0. The average Bonchev–Trinajstić information content (AvgIpc) is 3.48. The Morgan fingerprint density at radius 2 is 1.88 bits per heavy atom. The fourth-order valence-corrected chi connectivity index (χ4v) is 6.06. The van der Waals surface area contributed by atoms with E-state index in [0.29, 0.717) is 44.3 Å². The molecule has 0 radical (unpaired) electrons. The molecule has 2 aromatic rings. The lowest BCUT2D eigenvalue weighted by Gasteiger charge is -2.30. The number of carboxylic acid groups (broad SMARTS) is 1. The summed E-state index contributed by atoms with van der Waals surface area (Å²) in [5.41, 5.74) is -1.36. The lowest BCUT2D eigenvalue weighted by Crippen LogP contribution is -2.56. The molecule has 5 atom stereocenters. The van der Waals surface area contributed by atoms with Crippen molar-refractivity contribution in [1.82, 2.24) is 20.5 Å². The Bertz CT molecular complexity index is 1410. The molecule has 1 aliphatic carbocycles. The molecule has 1 aromatic carbocycles. The molecule has 1 saturated heterocycles. The maximum atomic E-state index is 14.1. The number of alkyl carbamates (subject to hydrolysis) is 1. The van der Waals surface area contributed by atoms with Crippen molar-refractivity contribution in [3.63, 3.8) is 0 Å². The van der Waals surface area contributed by atoms with Gasteiger partial charge in [-0.1, -0.05) is 24.3 Å². The number of carboxylic acids is 1. The van der Waals surface area contributed by atoms with Gasteiger partial charge in [0, 0.05) is 18.0 Å². The molecule has 43 heavy (non-hydrogen) atoms. The highest BCUT2D eigenvalue weighted by molar-refractivity contribution is 5.96. The van der Waals surface area contributed by atoms with Crippen LogP contribution in [0.5, 0.6) is 5.75 Å². The van der Waals surface area contributed by atoms with Crippen molar-refractivity contribution in [2.45, 2.75) is 95.0 Å². The lowest BCUT2D eigenvalue weighted by atomic mass is 10.1. The molecular weight excluding hydrogens is 552 g/mol. The van der Waals surface area contributed by atoms with E-state index in [1.807, 2.05) is 36.4 Å². The Balaban J connectivity index is 1.44. The minimum Gasteiger partial charge on any atom is -0.488 e. The zero-order valence-electron chi connectivity index (χ0n) is 24.9. The molecule has 1 aromatic heterocycles. The number of hydrogen-bond acceptors (Lipinski definition) is 7. The van der Waals surface area contributed by atoms with Crippen molar-refractivity contribution >= 4 is 34.8 Å². The molecule has 2 aliphatic heterocycles. The number of ether oxygens (including phenoxy) is 2. The van der Waals surface area contributed by atoms with Gasteiger partial charge < -0.3 is 30.1 Å². The maximum absolute atomic E-state index is 14.1. The number of rotatable bonds is 4. The van der Waals surface area contributed by atoms with Gasteiger partial charge in [0.25, 0.3) is 0 Å². The summed E-state index contributed by atoms with van der Waals surface area (Å²) in [4.78, 5) is 58.8. The number of nitrogens with one attached hydrogen (secondary N) is 2. The molecular formula is C32H40N4O7. The van der Waals surface area contributed by atoms with Crippen molar-refractivity contribution in [3.05, 3.63) is 48.7 Å². The molecule has 3 aliphatic rings. The minimum atomic E-state index is -1.35. The number of fused-ring (bicyclic) bond motifs is 3. The predicted octanol–water partition coefficient (Wildman–Crippen LogP) is 3.96. The van der Waals surface area contributed by atoms with Crippen LogP contribution in [0.15, 0.2) is 48.7 Å². The third-order valence-corrected chi connectivity index (χ3v) is 8.29. The molecule has 1 saturated carbocycles. The summed E-state index contributed by atoms with van der Waals surface area (Å²) in [6.45, 7) is 5.31. The second-order valence-electron chi connectivity index (χ2n) is 12.7. The second-order valence-corrected chi connectivity index (χ2v) is 12.7. The number of nitrogens with zero attached hydrogens (tertiary/aromatic N) is 2. The van der Waals surface area contributed by atoms with Gasteiger partial charge >= 0.3 is 12.1 Å². The zero-order valence-corrected chi connectivity index (χ0v) is 24.9. The molecule has 230 valence electrons. The van der Waals surface area contributed by atoms with Crippen LogP contribution in [0.3, 0.4) is 0 Å². The minimum absolute atomic E-state index is 0.0868. The van der Waals surface area contributed by atoms with E-state index in [2.05, 4.69) is 15.6 Å². The van der Waals surface area contributed by atoms with Gasteiger partial charge in [-0.25, -0.2) is 9.59 Å². The summed E-state index contributed by atoms with van der Waals surface area (Å²) < 4.78 is 11.8. The average molecular weight is 593 g/mol. The van der Waals surface area contributed by atoms with Crippen LogP contribution in [-0.4, -0.2) is 74.7 Å². The highest BCUT2D eigenvalue weighted by Gasteiger charge is 2.62. The highest BCUT2D eigenvalue weighted by Crippen LogP contribution is 2.47. The Morgan fingerprint density at radius 1 is 1.12 bits per heavy atom. The van der Waals surface area contributed by atoms with E-state index in [-0.39, 0.29) is 18.9 Å². The smallest absolute Gasteiger partial charge is 0.408 e. The number of amides is 3. The van der Waals surface area contributed by atoms with Crippen LogP contribution in [0.25, 0.3) is 10.9 Å².